The Morgan fingerprint density at radius 1 is 1.20 bits per heavy atom. The second kappa shape index (κ2) is 6.68. The molecule has 20 heavy (non-hydrogen) atoms. The van der Waals surface area contributed by atoms with Crippen molar-refractivity contribution in [3.05, 3.63) is 50.9 Å². The highest BCUT2D eigenvalue weighted by atomic mass is 35.5. The lowest BCUT2D eigenvalue weighted by Gasteiger charge is -2.26. The van der Waals surface area contributed by atoms with Gasteiger partial charge in [0.25, 0.3) is 0 Å². The van der Waals surface area contributed by atoms with Gasteiger partial charge in [-0.3, -0.25) is 4.90 Å². The van der Waals surface area contributed by atoms with E-state index in [0.29, 0.717) is 0 Å². The first-order chi connectivity index (χ1) is 9.79. The number of nitrogens with zero attached hydrogens (tertiary/aromatic N) is 2. The molecule has 2 heterocycles. The molecule has 3 nitrogen and oxygen atoms in total. The highest BCUT2D eigenvalue weighted by Gasteiger charge is 2.12. The number of benzene rings is 1. The van der Waals surface area contributed by atoms with Crippen LogP contribution in [0.3, 0.4) is 0 Å². The average Bonchev–Trinajstić information content (AvgIpc) is 2.90. The number of piperazine rings is 1. The SMILES string of the molecule is Clc1ccc(Cc2nc(CN3CCNCC3)cs2)cc1. The lowest BCUT2D eigenvalue weighted by atomic mass is 10.2. The molecule has 1 aromatic carbocycles. The van der Waals surface area contributed by atoms with Crippen LogP contribution < -0.4 is 5.32 Å². The van der Waals surface area contributed by atoms with Gasteiger partial charge >= 0.3 is 0 Å². The van der Waals surface area contributed by atoms with Gasteiger partial charge in [-0.05, 0) is 17.7 Å². The average molecular weight is 308 g/mol. The summed E-state index contributed by atoms with van der Waals surface area (Å²) >= 11 is 7.65. The van der Waals surface area contributed by atoms with Gasteiger partial charge in [0.15, 0.2) is 0 Å². The molecule has 0 bridgehead atoms. The molecule has 0 amide bonds. The van der Waals surface area contributed by atoms with Crippen molar-refractivity contribution in [3.8, 4) is 0 Å². The van der Waals surface area contributed by atoms with Crippen molar-refractivity contribution in [3.63, 3.8) is 0 Å². The zero-order valence-electron chi connectivity index (χ0n) is 11.3. The predicted octanol–water partition coefficient (Wildman–Crippen LogP) is 2.79. The van der Waals surface area contributed by atoms with Gasteiger partial charge in [0.2, 0.25) is 0 Å². The molecule has 1 saturated heterocycles. The number of hydrogen-bond acceptors (Lipinski definition) is 4. The molecule has 0 saturated carbocycles. The third-order valence-corrected chi connectivity index (χ3v) is 4.61. The van der Waals surface area contributed by atoms with Crippen LogP contribution in [-0.2, 0) is 13.0 Å². The highest BCUT2D eigenvalue weighted by Crippen LogP contribution is 2.17. The van der Waals surface area contributed by atoms with E-state index >= 15 is 0 Å². The van der Waals surface area contributed by atoms with Crippen LogP contribution in [0.15, 0.2) is 29.6 Å². The van der Waals surface area contributed by atoms with Crippen molar-refractivity contribution in [1.82, 2.24) is 15.2 Å². The largest absolute Gasteiger partial charge is 0.314 e. The fourth-order valence-corrected chi connectivity index (χ4v) is 3.32. The number of aromatic nitrogens is 1. The van der Waals surface area contributed by atoms with Crippen molar-refractivity contribution >= 4 is 22.9 Å². The van der Waals surface area contributed by atoms with E-state index in [0.717, 1.165) is 44.2 Å². The first-order valence-electron chi connectivity index (χ1n) is 6.90. The summed E-state index contributed by atoms with van der Waals surface area (Å²) in [7, 11) is 0. The fourth-order valence-electron chi connectivity index (χ4n) is 2.38. The summed E-state index contributed by atoms with van der Waals surface area (Å²) in [4.78, 5) is 7.20. The first-order valence-corrected chi connectivity index (χ1v) is 8.16. The van der Waals surface area contributed by atoms with Crippen LogP contribution in [-0.4, -0.2) is 36.1 Å². The van der Waals surface area contributed by atoms with Crippen molar-refractivity contribution in [2.45, 2.75) is 13.0 Å². The van der Waals surface area contributed by atoms with Gasteiger partial charge in [-0.25, -0.2) is 4.98 Å². The minimum Gasteiger partial charge on any atom is -0.314 e. The molecule has 1 aromatic heterocycles. The molecule has 0 spiro atoms. The molecule has 0 atom stereocenters. The molecule has 5 heteroatoms. The lowest BCUT2D eigenvalue weighted by molar-refractivity contribution is 0.231. The van der Waals surface area contributed by atoms with Crippen LogP contribution in [0, 0.1) is 0 Å². The summed E-state index contributed by atoms with van der Waals surface area (Å²) in [6.45, 7) is 5.37. The molecular formula is C15H18ClN3S. The van der Waals surface area contributed by atoms with Gasteiger partial charge in [0.1, 0.15) is 0 Å². The minimum atomic E-state index is 0.785. The summed E-state index contributed by atoms with van der Waals surface area (Å²) in [5.41, 5.74) is 2.46. The highest BCUT2D eigenvalue weighted by molar-refractivity contribution is 7.09. The van der Waals surface area contributed by atoms with E-state index < -0.39 is 0 Å². The summed E-state index contributed by atoms with van der Waals surface area (Å²) < 4.78 is 0. The Morgan fingerprint density at radius 2 is 1.95 bits per heavy atom. The number of halogens is 1. The van der Waals surface area contributed by atoms with E-state index in [1.165, 1.54) is 16.3 Å². The maximum Gasteiger partial charge on any atom is 0.0972 e. The van der Waals surface area contributed by atoms with E-state index in [2.05, 4.69) is 27.7 Å². The van der Waals surface area contributed by atoms with E-state index in [9.17, 15) is 0 Å². The van der Waals surface area contributed by atoms with Gasteiger partial charge in [-0.15, -0.1) is 11.3 Å². The van der Waals surface area contributed by atoms with Crippen LogP contribution in [0.5, 0.6) is 0 Å². The minimum absolute atomic E-state index is 0.785. The third kappa shape index (κ3) is 3.79. The number of rotatable bonds is 4. The zero-order chi connectivity index (χ0) is 13.8. The molecule has 1 aliphatic heterocycles. The Bertz CT molecular complexity index is 547. The number of thiazole rings is 1. The third-order valence-electron chi connectivity index (χ3n) is 3.46. The van der Waals surface area contributed by atoms with Crippen LogP contribution >= 0.6 is 22.9 Å². The van der Waals surface area contributed by atoms with Crippen LogP contribution in [0.25, 0.3) is 0 Å². The van der Waals surface area contributed by atoms with E-state index in [1.807, 2.05) is 12.1 Å². The Hall–Kier alpha value is -0.940. The van der Waals surface area contributed by atoms with Gasteiger partial charge in [-0.2, -0.15) is 0 Å². The monoisotopic (exact) mass is 307 g/mol. The predicted molar refractivity (Wildman–Crippen MR) is 84.5 cm³/mol. The fraction of sp³-hybridized carbons (Fsp3) is 0.400. The summed E-state index contributed by atoms with van der Waals surface area (Å²) in [5.74, 6) is 0. The Labute approximate surface area is 128 Å². The van der Waals surface area contributed by atoms with E-state index in [4.69, 9.17) is 16.6 Å². The molecule has 0 radical (unpaired) electrons. The second-order valence-electron chi connectivity index (χ2n) is 5.06. The maximum atomic E-state index is 5.90. The van der Waals surface area contributed by atoms with Crippen molar-refractivity contribution in [1.29, 1.82) is 0 Å². The van der Waals surface area contributed by atoms with Gasteiger partial charge in [0.05, 0.1) is 10.7 Å². The Balaban J connectivity index is 1.60. The molecular weight excluding hydrogens is 290 g/mol. The van der Waals surface area contributed by atoms with Crippen molar-refractivity contribution in [2.75, 3.05) is 26.2 Å². The van der Waals surface area contributed by atoms with Gasteiger partial charge < -0.3 is 5.32 Å². The van der Waals surface area contributed by atoms with E-state index in [-0.39, 0.29) is 0 Å². The molecule has 0 aliphatic carbocycles. The first kappa shape index (κ1) is 14.0. The van der Waals surface area contributed by atoms with Crippen LogP contribution in [0.2, 0.25) is 5.02 Å². The van der Waals surface area contributed by atoms with E-state index in [1.54, 1.807) is 11.3 Å². The maximum absolute atomic E-state index is 5.90. The van der Waals surface area contributed by atoms with Gasteiger partial charge in [-0.1, -0.05) is 23.7 Å². The molecule has 1 fully saturated rings. The number of nitrogens with one attached hydrogen (secondary N) is 1. The summed E-state index contributed by atoms with van der Waals surface area (Å²) in [6, 6.07) is 8.01. The smallest absolute Gasteiger partial charge is 0.0972 e. The topological polar surface area (TPSA) is 28.2 Å². The molecule has 2 aromatic rings. The molecule has 1 aliphatic rings. The molecule has 106 valence electrons. The molecule has 0 unspecified atom stereocenters. The van der Waals surface area contributed by atoms with Crippen LogP contribution in [0.4, 0.5) is 0 Å². The Morgan fingerprint density at radius 3 is 2.70 bits per heavy atom. The van der Waals surface area contributed by atoms with Crippen molar-refractivity contribution in [2.24, 2.45) is 0 Å². The normalized spacial score (nSPS) is 16.4. The zero-order valence-corrected chi connectivity index (χ0v) is 12.9. The standard InChI is InChI=1S/C15H18ClN3S/c16-13-3-1-12(2-4-13)9-15-18-14(11-20-15)10-19-7-5-17-6-8-19/h1-4,11,17H,5-10H2. The quantitative estimate of drug-likeness (QED) is 0.941. The van der Waals surface area contributed by atoms with Crippen molar-refractivity contribution < 1.29 is 0 Å². The lowest BCUT2D eigenvalue weighted by Crippen LogP contribution is -2.42. The summed E-state index contributed by atoms with van der Waals surface area (Å²) in [5, 5.41) is 7.52. The molecule has 3 rings (SSSR count). The molecule has 1 N–H and O–H groups in total. The summed E-state index contributed by atoms with van der Waals surface area (Å²) in [6.07, 6.45) is 0.892. The second-order valence-corrected chi connectivity index (χ2v) is 6.44. The van der Waals surface area contributed by atoms with Crippen LogP contribution in [0.1, 0.15) is 16.3 Å². The van der Waals surface area contributed by atoms with Gasteiger partial charge in [0, 0.05) is 49.5 Å². The number of hydrogen-bond donors (Lipinski definition) is 1. The Kier molecular flexibility index (Phi) is 4.68.